The lowest BCUT2D eigenvalue weighted by Gasteiger charge is -2.34. The zero-order valence-corrected chi connectivity index (χ0v) is 15.6. The molecule has 0 spiro atoms. The molecule has 0 bridgehead atoms. The molecule has 1 aliphatic heterocycles. The van der Waals surface area contributed by atoms with E-state index < -0.39 is 0 Å². The van der Waals surface area contributed by atoms with E-state index in [1.54, 1.807) is 6.07 Å². The summed E-state index contributed by atoms with van der Waals surface area (Å²) in [6.45, 7) is 8.93. The summed E-state index contributed by atoms with van der Waals surface area (Å²) in [4.78, 5) is 25.9. The highest BCUT2D eigenvalue weighted by Crippen LogP contribution is 2.12. The van der Waals surface area contributed by atoms with Crippen LogP contribution >= 0.6 is 0 Å². The van der Waals surface area contributed by atoms with E-state index in [-0.39, 0.29) is 5.91 Å². The predicted molar refractivity (Wildman–Crippen MR) is 103 cm³/mol. The third-order valence-electron chi connectivity index (χ3n) is 4.51. The second-order valence-electron chi connectivity index (χ2n) is 6.70. The molecule has 138 valence electrons. The fourth-order valence-corrected chi connectivity index (χ4v) is 3.11. The Morgan fingerprint density at radius 3 is 2.54 bits per heavy atom. The summed E-state index contributed by atoms with van der Waals surface area (Å²) in [5.74, 6) is 0.535. The summed E-state index contributed by atoms with van der Waals surface area (Å²) in [5.41, 5.74) is 2.60. The third kappa shape index (κ3) is 4.79. The topological polar surface area (TPSA) is 61.4 Å². The van der Waals surface area contributed by atoms with Crippen molar-refractivity contribution in [3.63, 3.8) is 0 Å². The number of nitrogens with one attached hydrogen (secondary N) is 1. The molecule has 1 fully saturated rings. The van der Waals surface area contributed by atoms with Gasteiger partial charge in [0.2, 0.25) is 5.95 Å². The van der Waals surface area contributed by atoms with Crippen LogP contribution in [0, 0.1) is 6.92 Å². The van der Waals surface area contributed by atoms with Gasteiger partial charge in [-0.05, 0) is 25.0 Å². The Morgan fingerprint density at radius 1 is 1.12 bits per heavy atom. The zero-order chi connectivity index (χ0) is 18.4. The van der Waals surface area contributed by atoms with E-state index in [0.717, 1.165) is 51.4 Å². The van der Waals surface area contributed by atoms with E-state index in [2.05, 4.69) is 51.4 Å². The number of aryl methyl sites for hydroxylation is 1. The number of anilines is 1. The molecule has 0 unspecified atom stereocenters. The Labute approximate surface area is 155 Å². The summed E-state index contributed by atoms with van der Waals surface area (Å²) in [6, 6.07) is 12.2. The molecule has 1 aliphatic rings. The van der Waals surface area contributed by atoms with Gasteiger partial charge in [-0.15, -0.1) is 0 Å². The average Bonchev–Trinajstić information content (AvgIpc) is 2.67. The van der Waals surface area contributed by atoms with Crippen molar-refractivity contribution in [1.82, 2.24) is 19.8 Å². The van der Waals surface area contributed by atoms with E-state index in [1.807, 2.05) is 17.9 Å². The Balaban J connectivity index is 1.59. The first-order valence-electron chi connectivity index (χ1n) is 9.31. The first-order valence-corrected chi connectivity index (χ1v) is 9.31. The number of benzene rings is 1. The maximum Gasteiger partial charge on any atom is 0.272 e. The Hall–Kier alpha value is -2.47. The summed E-state index contributed by atoms with van der Waals surface area (Å²) < 4.78 is 0. The van der Waals surface area contributed by atoms with E-state index >= 15 is 0 Å². The van der Waals surface area contributed by atoms with Crippen LogP contribution in [0.3, 0.4) is 0 Å². The van der Waals surface area contributed by atoms with Crippen molar-refractivity contribution in [2.75, 3.05) is 38.0 Å². The Kier molecular flexibility index (Phi) is 6.17. The minimum atomic E-state index is -0.00518. The van der Waals surface area contributed by atoms with Crippen LogP contribution in [0.5, 0.6) is 0 Å². The molecule has 0 saturated carbocycles. The highest BCUT2D eigenvalue weighted by atomic mass is 16.2. The lowest BCUT2D eigenvalue weighted by atomic mass is 10.2. The molecule has 0 aliphatic carbocycles. The van der Waals surface area contributed by atoms with Crippen LogP contribution < -0.4 is 5.32 Å². The average molecular weight is 353 g/mol. The van der Waals surface area contributed by atoms with Crippen molar-refractivity contribution in [2.24, 2.45) is 0 Å². The fourth-order valence-electron chi connectivity index (χ4n) is 3.11. The normalized spacial score (nSPS) is 15.1. The maximum absolute atomic E-state index is 12.8. The number of piperazine rings is 1. The van der Waals surface area contributed by atoms with Crippen LogP contribution in [0.2, 0.25) is 0 Å². The summed E-state index contributed by atoms with van der Waals surface area (Å²) in [7, 11) is 0. The molecule has 1 N–H and O–H groups in total. The van der Waals surface area contributed by atoms with Gasteiger partial charge < -0.3 is 10.2 Å². The number of amides is 1. The molecule has 6 heteroatoms. The monoisotopic (exact) mass is 353 g/mol. The molecule has 0 atom stereocenters. The smallest absolute Gasteiger partial charge is 0.272 e. The predicted octanol–water partition coefficient (Wildman–Crippen LogP) is 2.56. The van der Waals surface area contributed by atoms with Gasteiger partial charge in [0, 0.05) is 45.0 Å². The van der Waals surface area contributed by atoms with E-state index in [9.17, 15) is 4.79 Å². The second-order valence-corrected chi connectivity index (χ2v) is 6.70. The van der Waals surface area contributed by atoms with Crippen LogP contribution in [-0.2, 0) is 6.54 Å². The minimum Gasteiger partial charge on any atom is -0.354 e. The molecule has 2 heterocycles. The molecule has 1 aromatic heterocycles. The number of aromatic nitrogens is 2. The van der Waals surface area contributed by atoms with Crippen molar-refractivity contribution in [3.05, 3.63) is 53.3 Å². The number of hydrogen-bond donors (Lipinski definition) is 1. The maximum atomic E-state index is 12.8. The molecule has 26 heavy (non-hydrogen) atoms. The van der Waals surface area contributed by atoms with Crippen molar-refractivity contribution in [1.29, 1.82) is 0 Å². The van der Waals surface area contributed by atoms with Gasteiger partial charge in [0.05, 0.1) is 0 Å². The van der Waals surface area contributed by atoms with E-state index in [0.29, 0.717) is 11.6 Å². The number of nitrogens with zero attached hydrogens (tertiary/aromatic N) is 4. The molecular formula is C20H27N5O. The Morgan fingerprint density at radius 2 is 1.85 bits per heavy atom. The van der Waals surface area contributed by atoms with E-state index in [1.165, 1.54) is 5.56 Å². The lowest BCUT2D eigenvalue weighted by molar-refractivity contribution is 0.0622. The van der Waals surface area contributed by atoms with Crippen molar-refractivity contribution in [3.8, 4) is 0 Å². The van der Waals surface area contributed by atoms with Crippen molar-refractivity contribution in [2.45, 2.75) is 26.8 Å². The number of carbonyl (C=O) groups excluding carboxylic acids is 1. The molecule has 1 aromatic carbocycles. The number of hydrogen-bond acceptors (Lipinski definition) is 5. The van der Waals surface area contributed by atoms with Crippen molar-refractivity contribution < 1.29 is 4.79 Å². The SMILES string of the molecule is CCCNc1nc(C)cc(C(=O)N2CCN(Cc3ccccc3)CC2)n1. The van der Waals surface area contributed by atoms with Crippen LogP contribution in [-0.4, -0.2) is 58.4 Å². The zero-order valence-electron chi connectivity index (χ0n) is 15.6. The molecule has 6 nitrogen and oxygen atoms in total. The molecule has 1 saturated heterocycles. The first kappa shape index (κ1) is 18.3. The van der Waals surface area contributed by atoms with Gasteiger partial charge in [-0.25, -0.2) is 9.97 Å². The summed E-state index contributed by atoms with van der Waals surface area (Å²) in [5, 5.41) is 3.17. The lowest BCUT2D eigenvalue weighted by Crippen LogP contribution is -2.48. The van der Waals surface area contributed by atoms with Crippen molar-refractivity contribution >= 4 is 11.9 Å². The van der Waals surface area contributed by atoms with Crippen LogP contribution in [0.1, 0.15) is 35.1 Å². The standard InChI is InChI=1S/C20H27N5O/c1-3-9-21-20-22-16(2)14-18(23-20)19(26)25-12-10-24(11-13-25)15-17-7-5-4-6-8-17/h4-8,14H,3,9-13,15H2,1-2H3,(H,21,22,23). The second kappa shape index (κ2) is 8.76. The Bertz CT molecular complexity index is 726. The number of carbonyl (C=O) groups is 1. The first-order chi connectivity index (χ1) is 12.7. The quantitative estimate of drug-likeness (QED) is 0.865. The fraction of sp³-hybridized carbons (Fsp3) is 0.450. The summed E-state index contributed by atoms with van der Waals surface area (Å²) >= 11 is 0. The molecule has 1 amide bonds. The number of rotatable bonds is 6. The van der Waals surface area contributed by atoms with Gasteiger partial charge in [0.25, 0.3) is 5.91 Å². The largest absolute Gasteiger partial charge is 0.354 e. The van der Waals surface area contributed by atoms with Gasteiger partial charge in [-0.1, -0.05) is 37.3 Å². The minimum absolute atomic E-state index is 0.00518. The van der Waals surface area contributed by atoms with Gasteiger partial charge >= 0.3 is 0 Å². The van der Waals surface area contributed by atoms with Crippen LogP contribution in [0.4, 0.5) is 5.95 Å². The third-order valence-corrected chi connectivity index (χ3v) is 4.51. The van der Waals surface area contributed by atoms with Gasteiger partial charge in [0.15, 0.2) is 0 Å². The molecule has 0 radical (unpaired) electrons. The van der Waals surface area contributed by atoms with Crippen LogP contribution in [0.15, 0.2) is 36.4 Å². The molecular weight excluding hydrogens is 326 g/mol. The summed E-state index contributed by atoms with van der Waals surface area (Å²) in [6.07, 6.45) is 0.990. The van der Waals surface area contributed by atoms with Gasteiger partial charge in [-0.3, -0.25) is 9.69 Å². The molecule has 2 aromatic rings. The van der Waals surface area contributed by atoms with Gasteiger partial charge in [-0.2, -0.15) is 0 Å². The van der Waals surface area contributed by atoms with Gasteiger partial charge in [0.1, 0.15) is 5.69 Å². The van der Waals surface area contributed by atoms with Crippen LogP contribution in [0.25, 0.3) is 0 Å². The highest BCUT2D eigenvalue weighted by molar-refractivity contribution is 5.92. The van der Waals surface area contributed by atoms with E-state index in [4.69, 9.17) is 0 Å². The highest BCUT2D eigenvalue weighted by Gasteiger charge is 2.23. The molecule has 3 rings (SSSR count).